The lowest BCUT2D eigenvalue weighted by molar-refractivity contribution is -0.147. The zero-order valence-corrected chi connectivity index (χ0v) is 13.0. The Morgan fingerprint density at radius 2 is 1.87 bits per heavy atom. The molecule has 1 aromatic heterocycles. The van der Waals surface area contributed by atoms with E-state index in [-0.39, 0.29) is 13.0 Å². The number of nitrogens with zero attached hydrogens (tertiary/aromatic N) is 2. The minimum Gasteiger partial charge on any atom is -0.449 e. The molecule has 0 aromatic carbocycles. The Morgan fingerprint density at radius 3 is 2.48 bits per heavy atom. The molecule has 128 valence electrons. The predicted molar refractivity (Wildman–Crippen MR) is 77.6 cm³/mol. The summed E-state index contributed by atoms with van der Waals surface area (Å²) in [6.45, 7) is 2.68. The van der Waals surface area contributed by atoms with E-state index < -0.39 is 35.9 Å². The van der Waals surface area contributed by atoms with Gasteiger partial charge in [-0.3, -0.25) is 9.59 Å². The maximum Gasteiger partial charge on any atom is 0.422 e. The molecule has 23 heavy (non-hydrogen) atoms. The van der Waals surface area contributed by atoms with Gasteiger partial charge in [0.2, 0.25) is 5.82 Å². The summed E-state index contributed by atoms with van der Waals surface area (Å²) in [6, 6.07) is 0. The Labute approximate surface area is 131 Å². The lowest BCUT2D eigenvalue weighted by atomic mass is 10.2. The fraction of sp³-hybridized carbons (Fsp3) is 0.571. The van der Waals surface area contributed by atoms with Crippen LogP contribution < -0.4 is 11.2 Å². The number of hydrogen-bond acceptors (Lipinski definition) is 6. The third kappa shape index (κ3) is 5.04. The van der Waals surface area contributed by atoms with Gasteiger partial charge in [-0.2, -0.15) is 4.39 Å². The normalized spacial score (nSPS) is 10.4. The molecule has 1 rings (SSSR count). The summed E-state index contributed by atoms with van der Waals surface area (Å²) in [5.74, 6) is -1.95. The molecule has 0 aliphatic rings. The van der Waals surface area contributed by atoms with Gasteiger partial charge >= 0.3 is 17.8 Å². The molecule has 1 heterocycles. The number of aromatic nitrogens is 2. The van der Waals surface area contributed by atoms with Gasteiger partial charge in [0.1, 0.15) is 0 Å². The lowest BCUT2D eigenvalue weighted by Crippen LogP contribution is -2.44. The molecular formula is C14H19FN2O6. The Bertz CT molecular complexity index is 679. The third-order valence-electron chi connectivity index (χ3n) is 2.93. The van der Waals surface area contributed by atoms with Crippen molar-refractivity contribution in [1.29, 1.82) is 0 Å². The molecule has 8 nitrogen and oxygen atoms in total. The second kappa shape index (κ2) is 8.86. The molecule has 1 aromatic rings. The summed E-state index contributed by atoms with van der Waals surface area (Å²) >= 11 is 0. The fourth-order valence-corrected chi connectivity index (χ4v) is 1.74. The van der Waals surface area contributed by atoms with Gasteiger partial charge in [-0.1, -0.05) is 19.8 Å². The number of rotatable bonds is 7. The van der Waals surface area contributed by atoms with Crippen LogP contribution in [0, 0.1) is 5.82 Å². The number of hydrogen-bond donors (Lipinski definition) is 0. The first kappa shape index (κ1) is 18.6. The van der Waals surface area contributed by atoms with Crippen molar-refractivity contribution in [2.75, 3.05) is 6.61 Å². The maximum atomic E-state index is 13.6. The molecule has 0 N–H and O–H groups in total. The van der Waals surface area contributed by atoms with E-state index in [2.05, 4.69) is 4.74 Å². The predicted octanol–water partition coefficient (Wildman–Crippen LogP) is 1.23. The van der Waals surface area contributed by atoms with Crippen molar-refractivity contribution in [1.82, 2.24) is 9.13 Å². The van der Waals surface area contributed by atoms with Crippen LogP contribution in [0.2, 0.25) is 0 Å². The molecule has 0 saturated heterocycles. The standard InChI is InChI=1S/C14H19FN2O6/c1-3-5-6-7-11(18)23-9-17-12(19)10(15)8-16(13(17)20)14(21)22-4-2/h8H,3-7,9H2,1-2H3. The van der Waals surface area contributed by atoms with E-state index >= 15 is 0 Å². The Hall–Kier alpha value is -2.45. The van der Waals surface area contributed by atoms with Crippen LogP contribution in [0.15, 0.2) is 15.8 Å². The van der Waals surface area contributed by atoms with Crippen molar-refractivity contribution in [3.8, 4) is 0 Å². The van der Waals surface area contributed by atoms with Gasteiger partial charge in [-0.05, 0) is 13.3 Å². The summed E-state index contributed by atoms with van der Waals surface area (Å²) < 4.78 is 23.5. The van der Waals surface area contributed by atoms with Crippen LogP contribution in [-0.4, -0.2) is 27.8 Å². The van der Waals surface area contributed by atoms with Crippen molar-refractivity contribution in [2.24, 2.45) is 0 Å². The molecule has 0 aliphatic heterocycles. The Morgan fingerprint density at radius 1 is 1.17 bits per heavy atom. The molecular weight excluding hydrogens is 311 g/mol. The van der Waals surface area contributed by atoms with Crippen LogP contribution in [-0.2, 0) is 21.0 Å². The van der Waals surface area contributed by atoms with Crippen molar-refractivity contribution in [3.05, 3.63) is 32.9 Å². The van der Waals surface area contributed by atoms with E-state index in [1.165, 1.54) is 6.92 Å². The lowest BCUT2D eigenvalue weighted by Gasteiger charge is -2.10. The van der Waals surface area contributed by atoms with E-state index in [1.807, 2.05) is 6.92 Å². The summed E-state index contributed by atoms with van der Waals surface area (Å²) in [6.07, 6.45) is 1.82. The number of halogens is 1. The zero-order valence-electron chi connectivity index (χ0n) is 13.0. The SMILES string of the molecule is CCCCCC(=O)OCn1c(=O)c(F)cn(C(=O)OCC)c1=O. The molecule has 0 unspecified atom stereocenters. The second-order valence-corrected chi connectivity index (χ2v) is 4.66. The number of carbonyl (C=O) groups is 2. The Balaban J connectivity index is 2.94. The topological polar surface area (TPSA) is 96.6 Å². The number of ether oxygens (including phenoxy) is 2. The first-order valence-electron chi connectivity index (χ1n) is 7.27. The number of unbranched alkanes of at least 4 members (excludes halogenated alkanes) is 2. The summed E-state index contributed by atoms with van der Waals surface area (Å²) in [5.41, 5.74) is -2.42. The first-order valence-corrected chi connectivity index (χ1v) is 7.27. The van der Waals surface area contributed by atoms with Crippen LogP contribution >= 0.6 is 0 Å². The van der Waals surface area contributed by atoms with E-state index in [0.717, 1.165) is 12.8 Å². The quantitative estimate of drug-likeness (QED) is 0.551. The number of esters is 1. The van der Waals surface area contributed by atoms with Crippen LogP contribution in [0.1, 0.15) is 39.5 Å². The molecule has 0 atom stereocenters. The van der Waals surface area contributed by atoms with E-state index in [4.69, 9.17) is 4.74 Å². The van der Waals surface area contributed by atoms with Crippen molar-refractivity contribution in [3.63, 3.8) is 0 Å². The molecule has 9 heteroatoms. The van der Waals surface area contributed by atoms with E-state index in [9.17, 15) is 23.6 Å². The first-order chi connectivity index (χ1) is 10.9. The van der Waals surface area contributed by atoms with Gasteiger partial charge in [-0.15, -0.1) is 0 Å². The highest BCUT2D eigenvalue weighted by Gasteiger charge is 2.17. The highest BCUT2D eigenvalue weighted by Crippen LogP contribution is 2.00. The second-order valence-electron chi connectivity index (χ2n) is 4.66. The monoisotopic (exact) mass is 330 g/mol. The summed E-state index contributed by atoms with van der Waals surface area (Å²) in [7, 11) is 0. The van der Waals surface area contributed by atoms with Gasteiger partial charge in [0, 0.05) is 6.42 Å². The third-order valence-corrected chi connectivity index (χ3v) is 2.93. The molecule has 0 fully saturated rings. The van der Waals surface area contributed by atoms with Crippen LogP contribution in [0.5, 0.6) is 0 Å². The van der Waals surface area contributed by atoms with Gasteiger partial charge in [0.05, 0.1) is 12.8 Å². The average Bonchev–Trinajstić information content (AvgIpc) is 2.51. The summed E-state index contributed by atoms with van der Waals surface area (Å²) in [4.78, 5) is 46.7. The molecule has 0 spiro atoms. The minimum atomic E-state index is -1.33. The zero-order chi connectivity index (χ0) is 17.4. The molecule has 0 radical (unpaired) electrons. The summed E-state index contributed by atoms with van der Waals surface area (Å²) in [5, 5.41) is 0. The highest BCUT2D eigenvalue weighted by molar-refractivity contribution is 5.70. The fourth-order valence-electron chi connectivity index (χ4n) is 1.74. The molecule has 0 saturated carbocycles. The van der Waals surface area contributed by atoms with Crippen LogP contribution in [0.25, 0.3) is 0 Å². The maximum absolute atomic E-state index is 13.6. The van der Waals surface area contributed by atoms with Crippen molar-refractivity contribution in [2.45, 2.75) is 46.3 Å². The molecule has 0 aliphatic carbocycles. The highest BCUT2D eigenvalue weighted by atomic mass is 19.1. The van der Waals surface area contributed by atoms with Gasteiger partial charge in [-0.25, -0.2) is 18.7 Å². The molecule has 0 bridgehead atoms. The van der Waals surface area contributed by atoms with Crippen LogP contribution in [0.3, 0.4) is 0 Å². The van der Waals surface area contributed by atoms with E-state index in [0.29, 0.717) is 21.8 Å². The largest absolute Gasteiger partial charge is 0.449 e. The van der Waals surface area contributed by atoms with Crippen LogP contribution in [0.4, 0.5) is 9.18 Å². The van der Waals surface area contributed by atoms with Gasteiger partial charge in [0.15, 0.2) is 6.73 Å². The Kier molecular flexibility index (Phi) is 7.17. The average molecular weight is 330 g/mol. The number of carbonyl (C=O) groups excluding carboxylic acids is 2. The van der Waals surface area contributed by atoms with Crippen molar-refractivity contribution < 1.29 is 23.5 Å². The van der Waals surface area contributed by atoms with Gasteiger partial charge in [0.25, 0.3) is 5.56 Å². The van der Waals surface area contributed by atoms with Crippen molar-refractivity contribution >= 4 is 12.1 Å². The minimum absolute atomic E-state index is 0.0293. The van der Waals surface area contributed by atoms with E-state index in [1.54, 1.807) is 0 Å². The molecule has 0 amide bonds. The van der Waals surface area contributed by atoms with Gasteiger partial charge < -0.3 is 9.47 Å². The smallest absolute Gasteiger partial charge is 0.422 e.